The minimum absolute atomic E-state index is 0.0737. The number of benzene rings is 3. The van der Waals surface area contributed by atoms with E-state index in [0.717, 1.165) is 40.5 Å². The summed E-state index contributed by atoms with van der Waals surface area (Å²) in [4.78, 5) is 23.5. The first kappa shape index (κ1) is 18.6. The molecule has 1 N–H and O–H groups in total. The molecule has 0 saturated heterocycles. The van der Waals surface area contributed by atoms with Crippen LogP contribution in [0.1, 0.15) is 44.3 Å². The van der Waals surface area contributed by atoms with E-state index in [0.29, 0.717) is 17.7 Å². The lowest BCUT2D eigenvalue weighted by molar-refractivity contribution is 0.0950. The van der Waals surface area contributed by atoms with Crippen molar-refractivity contribution in [3.63, 3.8) is 0 Å². The maximum atomic E-state index is 12.4. The molecule has 27 heavy (non-hydrogen) atoms. The molecule has 0 spiro atoms. The van der Waals surface area contributed by atoms with Gasteiger partial charge < -0.3 is 5.32 Å². The summed E-state index contributed by atoms with van der Waals surface area (Å²) < 4.78 is 0. The van der Waals surface area contributed by atoms with Gasteiger partial charge in [-0.3, -0.25) is 9.59 Å². The molecule has 136 valence electrons. The number of hydrogen-bond donors (Lipinski definition) is 1. The lowest BCUT2D eigenvalue weighted by Gasteiger charge is -2.11. The standard InChI is InChI=1S/C24H23NO2/c1-3-18-6-4-9-22(12-18)24(27)25-15-19-11-10-17(2)23(14-19)21-8-5-7-20(13-21)16-26/h4-14,16H,3,15H2,1-2H3,(H,25,27). The fraction of sp³-hybridized carbons (Fsp3) is 0.167. The quantitative estimate of drug-likeness (QED) is 0.633. The smallest absolute Gasteiger partial charge is 0.251 e. The Hall–Kier alpha value is -3.20. The molecule has 3 rings (SSSR count). The number of carbonyl (C=O) groups excluding carboxylic acids is 2. The van der Waals surface area contributed by atoms with Gasteiger partial charge in [0, 0.05) is 17.7 Å². The first-order chi connectivity index (χ1) is 13.1. The molecule has 0 unspecified atom stereocenters. The number of aryl methyl sites for hydroxylation is 2. The predicted octanol–water partition coefficient (Wildman–Crippen LogP) is 4.97. The van der Waals surface area contributed by atoms with Gasteiger partial charge in [-0.05, 0) is 65.4 Å². The van der Waals surface area contributed by atoms with Crippen molar-refractivity contribution in [2.75, 3.05) is 0 Å². The van der Waals surface area contributed by atoms with E-state index in [1.54, 1.807) is 6.07 Å². The fourth-order valence-corrected chi connectivity index (χ4v) is 3.09. The molecule has 0 radical (unpaired) electrons. The number of rotatable bonds is 6. The van der Waals surface area contributed by atoms with Gasteiger partial charge in [-0.1, -0.05) is 49.4 Å². The van der Waals surface area contributed by atoms with Gasteiger partial charge in [-0.25, -0.2) is 0 Å². The first-order valence-corrected chi connectivity index (χ1v) is 9.13. The van der Waals surface area contributed by atoms with Gasteiger partial charge in [0.05, 0.1) is 0 Å². The highest BCUT2D eigenvalue weighted by molar-refractivity contribution is 5.94. The summed E-state index contributed by atoms with van der Waals surface area (Å²) in [5.41, 5.74) is 6.70. The van der Waals surface area contributed by atoms with Crippen molar-refractivity contribution < 1.29 is 9.59 Å². The first-order valence-electron chi connectivity index (χ1n) is 9.13. The molecule has 0 atom stereocenters. The Labute approximate surface area is 160 Å². The Morgan fingerprint density at radius 2 is 1.78 bits per heavy atom. The second-order valence-corrected chi connectivity index (χ2v) is 6.63. The summed E-state index contributed by atoms with van der Waals surface area (Å²) in [6, 6.07) is 21.4. The van der Waals surface area contributed by atoms with Crippen LogP contribution in [0.25, 0.3) is 11.1 Å². The van der Waals surface area contributed by atoms with E-state index in [2.05, 4.69) is 18.3 Å². The molecule has 0 heterocycles. The van der Waals surface area contributed by atoms with Crippen molar-refractivity contribution in [1.82, 2.24) is 5.32 Å². The number of aldehydes is 1. The molecular weight excluding hydrogens is 334 g/mol. The largest absolute Gasteiger partial charge is 0.348 e. The van der Waals surface area contributed by atoms with E-state index in [4.69, 9.17) is 0 Å². The number of amides is 1. The van der Waals surface area contributed by atoms with Gasteiger partial charge in [-0.2, -0.15) is 0 Å². The zero-order valence-corrected chi connectivity index (χ0v) is 15.7. The van der Waals surface area contributed by atoms with Crippen molar-refractivity contribution in [2.24, 2.45) is 0 Å². The molecule has 3 aromatic rings. The molecular formula is C24H23NO2. The minimum Gasteiger partial charge on any atom is -0.348 e. The Balaban J connectivity index is 1.77. The third-order valence-corrected chi connectivity index (χ3v) is 4.69. The Kier molecular flexibility index (Phi) is 5.82. The Morgan fingerprint density at radius 3 is 2.56 bits per heavy atom. The monoisotopic (exact) mass is 357 g/mol. The van der Waals surface area contributed by atoms with Crippen molar-refractivity contribution in [3.05, 3.63) is 94.5 Å². The molecule has 0 aliphatic heterocycles. The van der Waals surface area contributed by atoms with Crippen LogP contribution >= 0.6 is 0 Å². The third-order valence-electron chi connectivity index (χ3n) is 4.69. The summed E-state index contributed by atoms with van der Waals surface area (Å²) in [6.07, 6.45) is 1.76. The highest BCUT2D eigenvalue weighted by Crippen LogP contribution is 2.25. The van der Waals surface area contributed by atoms with Crippen molar-refractivity contribution in [2.45, 2.75) is 26.8 Å². The highest BCUT2D eigenvalue weighted by atomic mass is 16.1. The summed E-state index contributed by atoms with van der Waals surface area (Å²) >= 11 is 0. The average Bonchev–Trinajstić information content (AvgIpc) is 2.73. The second kappa shape index (κ2) is 8.45. The van der Waals surface area contributed by atoms with E-state index >= 15 is 0 Å². The topological polar surface area (TPSA) is 46.2 Å². The predicted molar refractivity (Wildman–Crippen MR) is 109 cm³/mol. The number of carbonyl (C=O) groups is 2. The van der Waals surface area contributed by atoms with Crippen LogP contribution in [0.15, 0.2) is 66.7 Å². The summed E-state index contributed by atoms with van der Waals surface area (Å²) in [7, 11) is 0. The Morgan fingerprint density at radius 1 is 0.963 bits per heavy atom. The molecule has 1 amide bonds. The summed E-state index contributed by atoms with van der Waals surface area (Å²) in [5, 5.41) is 2.99. The van der Waals surface area contributed by atoms with Crippen LogP contribution in [-0.4, -0.2) is 12.2 Å². The minimum atomic E-state index is -0.0737. The third kappa shape index (κ3) is 4.50. The van der Waals surface area contributed by atoms with Gasteiger partial charge in [0.2, 0.25) is 0 Å². The zero-order valence-electron chi connectivity index (χ0n) is 15.7. The van der Waals surface area contributed by atoms with Crippen LogP contribution in [0.2, 0.25) is 0 Å². The van der Waals surface area contributed by atoms with Crippen LogP contribution in [0.4, 0.5) is 0 Å². The summed E-state index contributed by atoms with van der Waals surface area (Å²) in [6.45, 7) is 4.57. The molecule has 3 aromatic carbocycles. The van der Waals surface area contributed by atoms with Crippen LogP contribution < -0.4 is 5.32 Å². The molecule has 0 aromatic heterocycles. The molecule has 0 saturated carbocycles. The van der Waals surface area contributed by atoms with Gasteiger partial charge >= 0.3 is 0 Å². The molecule has 0 aliphatic rings. The van der Waals surface area contributed by atoms with Crippen LogP contribution in [0.5, 0.6) is 0 Å². The molecule has 3 nitrogen and oxygen atoms in total. The highest BCUT2D eigenvalue weighted by Gasteiger charge is 2.08. The van der Waals surface area contributed by atoms with Crippen molar-refractivity contribution >= 4 is 12.2 Å². The maximum Gasteiger partial charge on any atom is 0.251 e. The Bertz CT molecular complexity index is 976. The van der Waals surface area contributed by atoms with Crippen molar-refractivity contribution in [1.29, 1.82) is 0 Å². The molecule has 0 bridgehead atoms. The maximum absolute atomic E-state index is 12.4. The normalized spacial score (nSPS) is 10.4. The zero-order chi connectivity index (χ0) is 19.2. The van der Waals surface area contributed by atoms with Gasteiger partial charge in [0.15, 0.2) is 0 Å². The molecule has 0 aliphatic carbocycles. The van der Waals surface area contributed by atoms with Gasteiger partial charge in [0.1, 0.15) is 6.29 Å². The van der Waals surface area contributed by atoms with E-state index in [1.165, 1.54) is 0 Å². The molecule has 3 heteroatoms. The summed E-state index contributed by atoms with van der Waals surface area (Å²) in [5.74, 6) is -0.0737. The lowest BCUT2D eigenvalue weighted by atomic mass is 9.97. The van der Waals surface area contributed by atoms with Gasteiger partial charge in [-0.15, -0.1) is 0 Å². The second-order valence-electron chi connectivity index (χ2n) is 6.63. The van der Waals surface area contributed by atoms with E-state index in [9.17, 15) is 9.59 Å². The average molecular weight is 357 g/mol. The number of nitrogens with one attached hydrogen (secondary N) is 1. The van der Waals surface area contributed by atoms with E-state index < -0.39 is 0 Å². The SMILES string of the molecule is CCc1cccc(C(=O)NCc2ccc(C)c(-c3cccc(C=O)c3)c2)c1. The molecule has 0 fully saturated rings. The van der Waals surface area contributed by atoms with E-state index in [1.807, 2.05) is 61.5 Å². The van der Waals surface area contributed by atoms with Gasteiger partial charge in [0.25, 0.3) is 5.91 Å². The fourth-order valence-electron chi connectivity index (χ4n) is 3.09. The van der Waals surface area contributed by atoms with Crippen molar-refractivity contribution in [3.8, 4) is 11.1 Å². The lowest BCUT2D eigenvalue weighted by Crippen LogP contribution is -2.22. The van der Waals surface area contributed by atoms with Crippen LogP contribution in [0, 0.1) is 6.92 Å². The van der Waals surface area contributed by atoms with Crippen LogP contribution in [0.3, 0.4) is 0 Å². The van der Waals surface area contributed by atoms with Crippen LogP contribution in [-0.2, 0) is 13.0 Å². The van der Waals surface area contributed by atoms with E-state index in [-0.39, 0.29) is 5.91 Å². The number of hydrogen-bond acceptors (Lipinski definition) is 2.